The fraction of sp³-hybridized carbons (Fsp3) is 0. The molecular weight excluding hydrogens is 190 g/mol. The molecule has 1 aromatic carbocycles. The second-order valence-electron chi connectivity index (χ2n) is 2.45. The number of carbonyl (C=O) groups is 1. The predicted molar refractivity (Wildman–Crippen MR) is 49.5 cm³/mol. The van der Waals surface area contributed by atoms with Crippen molar-refractivity contribution in [3.05, 3.63) is 33.9 Å². The Morgan fingerprint density at radius 3 is 2.77 bits per heavy atom. The Hall–Kier alpha value is -1.62. The number of carboxylic acid groups (broad SMARTS) is 1. The molecule has 13 heavy (non-hydrogen) atoms. The number of hydrogen-bond donors (Lipinski definition) is 1. The van der Waals surface area contributed by atoms with Crippen molar-refractivity contribution in [3.8, 4) is 0 Å². The number of hydrogen-bond acceptors (Lipinski definition) is 3. The number of benzene rings is 1. The van der Waals surface area contributed by atoms with Crippen LogP contribution in [0.4, 0.5) is 4.79 Å². The zero-order valence-corrected chi connectivity index (χ0v) is 7.25. The van der Waals surface area contributed by atoms with E-state index in [0.717, 1.165) is 15.9 Å². The van der Waals surface area contributed by atoms with Gasteiger partial charge < -0.3 is 5.11 Å². The standard InChI is InChI=1S/C8H5NO3S/c10-7(11)9-5-3-1-2-4-6(5)13-8(9)12/h1-4H,(H,10,11). The molecule has 5 heteroatoms. The molecule has 1 aromatic heterocycles. The van der Waals surface area contributed by atoms with Crippen LogP contribution in [0.5, 0.6) is 0 Å². The average Bonchev–Trinajstić information content (AvgIpc) is 2.39. The third kappa shape index (κ3) is 1.13. The molecule has 0 bridgehead atoms. The van der Waals surface area contributed by atoms with Gasteiger partial charge >= 0.3 is 11.0 Å². The highest BCUT2D eigenvalue weighted by molar-refractivity contribution is 7.16. The van der Waals surface area contributed by atoms with Gasteiger partial charge in [0.1, 0.15) is 0 Å². The van der Waals surface area contributed by atoms with Gasteiger partial charge in [0, 0.05) is 0 Å². The summed E-state index contributed by atoms with van der Waals surface area (Å²) < 4.78 is 1.44. The zero-order chi connectivity index (χ0) is 9.42. The first kappa shape index (κ1) is 8.00. The van der Waals surface area contributed by atoms with Crippen LogP contribution in [0.25, 0.3) is 10.2 Å². The van der Waals surface area contributed by atoms with E-state index in [1.165, 1.54) is 0 Å². The lowest BCUT2D eigenvalue weighted by Crippen LogP contribution is -2.19. The maximum absolute atomic E-state index is 11.2. The predicted octanol–water partition coefficient (Wildman–Crippen LogP) is 1.59. The lowest BCUT2D eigenvalue weighted by Gasteiger charge is -1.93. The monoisotopic (exact) mass is 195 g/mol. The smallest absolute Gasteiger partial charge is 0.419 e. The van der Waals surface area contributed by atoms with Crippen LogP contribution in [0.1, 0.15) is 0 Å². The van der Waals surface area contributed by atoms with Crippen LogP contribution >= 0.6 is 11.3 Å². The SMILES string of the molecule is O=C(O)n1c(=O)sc2ccccc21. The summed E-state index contributed by atoms with van der Waals surface area (Å²) in [5, 5.41) is 8.72. The van der Waals surface area contributed by atoms with Crippen molar-refractivity contribution in [2.45, 2.75) is 0 Å². The van der Waals surface area contributed by atoms with Crippen LogP contribution in [-0.2, 0) is 0 Å². The van der Waals surface area contributed by atoms with E-state index in [1.807, 2.05) is 0 Å². The molecule has 0 aliphatic rings. The van der Waals surface area contributed by atoms with Gasteiger partial charge in [0.15, 0.2) is 0 Å². The van der Waals surface area contributed by atoms with Crippen molar-refractivity contribution < 1.29 is 9.90 Å². The van der Waals surface area contributed by atoms with Crippen LogP contribution in [0.3, 0.4) is 0 Å². The Labute approximate surface area is 76.7 Å². The van der Waals surface area contributed by atoms with Crippen molar-refractivity contribution in [1.29, 1.82) is 0 Å². The van der Waals surface area contributed by atoms with Crippen LogP contribution in [0, 0.1) is 0 Å². The summed E-state index contributed by atoms with van der Waals surface area (Å²) in [4.78, 5) is 21.4. The molecule has 1 N–H and O–H groups in total. The summed E-state index contributed by atoms with van der Waals surface area (Å²) in [6, 6.07) is 6.81. The Balaban J connectivity index is 2.95. The summed E-state index contributed by atoms with van der Waals surface area (Å²) in [6.07, 6.45) is -1.23. The van der Waals surface area contributed by atoms with E-state index in [0.29, 0.717) is 10.2 Å². The molecular formula is C8H5NO3S. The topological polar surface area (TPSA) is 59.3 Å². The van der Waals surface area contributed by atoms with Crippen molar-refractivity contribution >= 4 is 27.6 Å². The van der Waals surface area contributed by atoms with Crippen LogP contribution in [-0.4, -0.2) is 15.8 Å². The third-order valence-electron chi connectivity index (χ3n) is 1.68. The highest BCUT2D eigenvalue weighted by Crippen LogP contribution is 2.15. The van der Waals surface area contributed by atoms with Crippen LogP contribution in [0.15, 0.2) is 29.1 Å². The lowest BCUT2D eigenvalue weighted by atomic mass is 10.3. The van der Waals surface area contributed by atoms with E-state index >= 15 is 0 Å². The second kappa shape index (κ2) is 2.70. The fourth-order valence-corrected chi connectivity index (χ4v) is 2.01. The number of fused-ring (bicyclic) bond motifs is 1. The highest BCUT2D eigenvalue weighted by Gasteiger charge is 2.11. The Morgan fingerprint density at radius 2 is 2.08 bits per heavy atom. The normalized spacial score (nSPS) is 10.5. The molecule has 2 aromatic rings. The summed E-state index contributed by atoms with van der Waals surface area (Å²) in [5.74, 6) is 0. The Bertz CT molecular complexity index is 525. The molecule has 4 nitrogen and oxygen atoms in total. The fourth-order valence-electron chi connectivity index (χ4n) is 1.15. The van der Waals surface area contributed by atoms with E-state index in [-0.39, 0.29) is 0 Å². The highest BCUT2D eigenvalue weighted by atomic mass is 32.1. The summed E-state index contributed by atoms with van der Waals surface area (Å²) in [6.45, 7) is 0. The maximum Gasteiger partial charge on any atom is 0.419 e. The molecule has 0 aliphatic carbocycles. The minimum absolute atomic E-state index is 0.449. The molecule has 0 spiro atoms. The minimum Gasteiger partial charge on any atom is -0.464 e. The average molecular weight is 195 g/mol. The molecule has 0 fully saturated rings. The Kier molecular flexibility index (Phi) is 1.66. The van der Waals surface area contributed by atoms with Crippen molar-refractivity contribution in [3.63, 3.8) is 0 Å². The molecule has 1 heterocycles. The van der Waals surface area contributed by atoms with Gasteiger partial charge in [-0.05, 0) is 12.1 Å². The van der Waals surface area contributed by atoms with E-state index < -0.39 is 11.0 Å². The molecule has 0 atom stereocenters. The van der Waals surface area contributed by atoms with Crippen LogP contribution in [0.2, 0.25) is 0 Å². The maximum atomic E-state index is 11.2. The van der Waals surface area contributed by atoms with Crippen molar-refractivity contribution in [2.24, 2.45) is 0 Å². The first-order valence-electron chi connectivity index (χ1n) is 3.54. The lowest BCUT2D eigenvalue weighted by molar-refractivity contribution is 0.197. The van der Waals surface area contributed by atoms with Gasteiger partial charge in [0.05, 0.1) is 10.2 Å². The van der Waals surface area contributed by atoms with Crippen molar-refractivity contribution in [2.75, 3.05) is 0 Å². The van der Waals surface area contributed by atoms with Gasteiger partial charge in [-0.1, -0.05) is 23.5 Å². The number of aromatic nitrogens is 1. The van der Waals surface area contributed by atoms with Gasteiger partial charge in [0.25, 0.3) is 0 Å². The Morgan fingerprint density at radius 1 is 1.38 bits per heavy atom. The largest absolute Gasteiger partial charge is 0.464 e. The molecule has 0 aliphatic heterocycles. The van der Waals surface area contributed by atoms with E-state index in [9.17, 15) is 9.59 Å². The van der Waals surface area contributed by atoms with Gasteiger partial charge in [-0.25, -0.2) is 9.36 Å². The number of rotatable bonds is 0. The molecule has 0 saturated heterocycles. The third-order valence-corrected chi connectivity index (χ3v) is 2.60. The van der Waals surface area contributed by atoms with E-state index in [2.05, 4.69) is 0 Å². The number of thiazole rings is 1. The number of nitrogens with zero attached hydrogens (tertiary/aromatic N) is 1. The second-order valence-corrected chi connectivity index (χ2v) is 3.45. The van der Waals surface area contributed by atoms with Gasteiger partial charge in [-0.15, -0.1) is 0 Å². The molecule has 2 rings (SSSR count). The first-order chi connectivity index (χ1) is 6.20. The molecule has 0 radical (unpaired) electrons. The summed E-state index contributed by atoms with van der Waals surface area (Å²) >= 11 is 0.934. The minimum atomic E-state index is -1.23. The summed E-state index contributed by atoms with van der Waals surface area (Å²) in [5.41, 5.74) is 0.449. The molecule has 0 saturated carbocycles. The summed E-state index contributed by atoms with van der Waals surface area (Å²) in [7, 11) is 0. The van der Waals surface area contributed by atoms with Gasteiger partial charge in [-0.3, -0.25) is 4.79 Å². The molecule has 66 valence electrons. The van der Waals surface area contributed by atoms with Crippen molar-refractivity contribution in [1.82, 2.24) is 4.57 Å². The van der Waals surface area contributed by atoms with E-state index in [4.69, 9.17) is 5.11 Å². The van der Waals surface area contributed by atoms with Gasteiger partial charge in [-0.2, -0.15) is 0 Å². The molecule has 0 amide bonds. The quantitative estimate of drug-likeness (QED) is 0.694. The zero-order valence-electron chi connectivity index (χ0n) is 6.43. The van der Waals surface area contributed by atoms with Crippen LogP contribution < -0.4 is 4.87 Å². The first-order valence-corrected chi connectivity index (χ1v) is 4.35. The molecule has 0 unspecified atom stereocenters. The van der Waals surface area contributed by atoms with E-state index in [1.54, 1.807) is 24.3 Å². The number of para-hydroxylation sites is 1. The van der Waals surface area contributed by atoms with Gasteiger partial charge in [0.2, 0.25) is 0 Å².